The summed E-state index contributed by atoms with van der Waals surface area (Å²) in [5.41, 5.74) is 1.53. The van der Waals surface area contributed by atoms with E-state index in [1.165, 1.54) is 29.2 Å². The van der Waals surface area contributed by atoms with E-state index in [-0.39, 0.29) is 5.79 Å². The lowest BCUT2D eigenvalue weighted by Gasteiger charge is -2.39. The Bertz CT molecular complexity index is 487. The van der Waals surface area contributed by atoms with E-state index in [0.29, 0.717) is 5.92 Å². The average molecular weight is 291 g/mol. The number of ether oxygens (including phenoxy) is 2. The van der Waals surface area contributed by atoms with Crippen molar-refractivity contribution in [2.24, 2.45) is 0 Å². The molecule has 0 bridgehead atoms. The predicted octanol–water partition coefficient (Wildman–Crippen LogP) is 2.71. The van der Waals surface area contributed by atoms with Crippen LogP contribution in [-0.2, 0) is 9.47 Å². The van der Waals surface area contributed by atoms with Crippen molar-refractivity contribution in [1.29, 1.82) is 0 Å². The van der Waals surface area contributed by atoms with Gasteiger partial charge in [-0.15, -0.1) is 11.8 Å². The molecule has 0 radical (unpaired) electrons. The highest BCUT2D eigenvalue weighted by Crippen LogP contribution is 2.40. The number of hydrogen-bond donors (Lipinski definition) is 0. The van der Waals surface area contributed by atoms with Crippen molar-refractivity contribution >= 4 is 11.8 Å². The molecule has 0 aliphatic carbocycles. The van der Waals surface area contributed by atoms with Crippen LogP contribution in [0, 0.1) is 0 Å². The Hall–Kier alpha value is -0.550. The zero-order valence-corrected chi connectivity index (χ0v) is 12.5. The van der Waals surface area contributed by atoms with Gasteiger partial charge in [-0.3, -0.25) is 4.90 Å². The lowest BCUT2D eigenvalue weighted by molar-refractivity contribution is -0.189. The van der Waals surface area contributed by atoms with Gasteiger partial charge in [-0.2, -0.15) is 0 Å². The van der Waals surface area contributed by atoms with Crippen molar-refractivity contribution in [3.8, 4) is 0 Å². The van der Waals surface area contributed by atoms with Crippen LogP contribution in [-0.4, -0.2) is 49.3 Å². The molecule has 0 saturated carbocycles. The highest BCUT2D eigenvalue weighted by Gasteiger charge is 2.41. The minimum atomic E-state index is -0.288. The maximum atomic E-state index is 5.88. The molecule has 1 atom stereocenters. The first-order chi connectivity index (χ1) is 9.85. The Morgan fingerprint density at radius 3 is 3.00 bits per heavy atom. The van der Waals surface area contributed by atoms with Crippen molar-refractivity contribution in [1.82, 2.24) is 4.90 Å². The predicted molar refractivity (Wildman–Crippen MR) is 80.2 cm³/mol. The highest BCUT2D eigenvalue weighted by molar-refractivity contribution is 7.99. The molecule has 3 aliphatic heterocycles. The van der Waals surface area contributed by atoms with Gasteiger partial charge in [0.1, 0.15) is 0 Å². The molecule has 3 nitrogen and oxygen atoms in total. The van der Waals surface area contributed by atoms with E-state index >= 15 is 0 Å². The number of thioether (sulfide) groups is 1. The van der Waals surface area contributed by atoms with E-state index in [1.54, 1.807) is 0 Å². The van der Waals surface area contributed by atoms with Gasteiger partial charge in [0, 0.05) is 29.5 Å². The monoisotopic (exact) mass is 291 g/mol. The van der Waals surface area contributed by atoms with Gasteiger partial charge in [0.15, 0.2) is 5.79 Å². The molecule has 2 fully saturated rings. The standard InChI is InChI=1S/C16H21NO2S/c1-2-5-15-14(4-1)13(11-20-15)10-17-7-3-6-16(12-17)18-8-9-19-16/h1-2,4-5,13H,3,6-12H2. The fraction of sp³-hybridized carbons (Fsp3) is 0.625. The Balaban J connectivity index is 1.45. The second-order valence-corrected chi connectivity index (χ2v) is 7.05. The summed E-state index contributed by atoms with van der Waals surface area (Å²) < 4.78 is 11.8. The molecule has 1 aromatic rings. The second kappa shape index (κ2) is 5.34. The van der Waals surface area contributed by atoms with Crippen LogP contribution in [0.3, 0.4) is 0 Å². The Kier molecular flexibility index (Phi) is 3.50. The maximum absolute atomic E-state index is 5.88. The van der Waals surface area contributed by atoms with Gasteiger partial charge in [0.2, 0.25) is 0 Å². The lowest BCUT2D eigenvalue weighted by Crippen LogP contribution is -2.49. The van der Waals surface area contributed by atoms with Gasteiger partial charge in [-0.1, -0.05) is 18.2 Å². The van der Waals surface area contributed by atoms with Crippen LogP contribution in [0.15, 0.2) is 29.2 Å². The summed E-state index contributed by atoms with van der Waals surface area (Å²) in [5.74, 6) is 1.58. The van der Waals surface area contributed by atoms with Crippen LogP contribution < -0.4 is 0 Å². The largest absolute Gasteiger partial charge is 0.346 e. The number of rotatable bonds is 2. The molecule has 4 heteroatoms. The molecule has 1 spiro atoms. The molecule has 3 aliphatic rings. The molecule has 1 aromatic carbocycles. The van der Waals surface area contributed by atoms with E-state index < -0.39 is 0 Å². The molecule has 2 saturated heterocycles. The lowest BCUT2D eigenvalue weighted by atomic mass is 9.98. The van der Waals surface area contributed by atoms with Crippen molar-refractivity contribution in [3.05, 3.63) is 29.8 Å². The summed E-state index contributed by atoms with van der Waals surface area (Å²) in [6, 6.07) is 8.85. The second-order valence-electron chi connectivity index (χ2n) is 5.99. The number of hydrogen-bond acceptors (Lipinski definition) is 4. The fourth-order valence-corrected chi connectivity index (χ4v) is 4.89. The molecule has 1 unspecified atom stereocenters. The van der Waals surface area contributed by atoms with Gasteiger partial charge in [0.05, 0.1) is 19.8 Å². The third kappa shape index (κ3) is 2.39. The van der Waals surface area contributed by atoms with Gasteiger partial charge in [-0.05, 0) is 24.6 Å². The molecule has 0 N–H and O–H groups in total. The third-order valence-electron chi connectivity index (χ3n) is 4.59. The van der Waals surface area contributed by atoms with Crippen LogP contribution in [0.1, 0.15) is 24.3 Å². The van der Waals surface area contributed by atoms with E-state index in [1.807, 2.05) is 11.8 Å². The van der Waals surface area contributed by atoms with Gasteiger partial charge in [0.25, 0.3) is 0 Å². The van der Waals surface area contributed by atoms with Crippen LogP contribution in [0.5, 0.6) is 0 Å². The van der Waals surface area contributed by atoms with Crippen LogP contribution >= 0.6 is 11.8 Å². The Morgan fingerprint density at radius 2 is 2.10 bits per heavy atom. The van der Waals surface area contributed by atoms with Crippen molar-refractivity contribution in [2.75, 3.05) is 38.6 Å². The van der Waals surface area contributed by atoms with Gasteiger partial charge >= 0.3 is 0 Å². The van der Waals surface area contributed by atoms with Crippen molar-refractivity contribution in [2.45, 2.75) is 29.4 Å². The number of likely N-dealkylation sites (tertiary alicyclic amines) is 1. The summed E-state index contributed by atoms with van der Waals surface area (Å²) in [6.07, 6.45) is 2.24. The molecule has 0 aromatic heterocycles. The van der Waals surface area contributed by atoms with Gasteiger partial charge in [-0.25, -0.2) is 0 Å². The first kappa shape index (κ1) is 13.1. The summed E-state index contributed by atoms with van der Waals surface area (Å²) in [4.78, 5) is 4.01. The number of nitrogens with zero attached hydrogens (tertiary/aromatic N) is 1. The van der Waals surface area contributed by atoms with Crippen molar-refractivity contribution in [3.63, 3.8) is 0 Å². The topological polar surface area (TPSA) is 21.7 Å². The first-order valence-electron chi connectivity index (χ1n) is 7.57. The summed E-state index contributed by atoms with van der Waals surface area (Å²) in [5, 5.41) is 0. The molecule has 0 amide bonds. The minimum absolute atomic E-state index is 0.288. The smallest absolute Gasteiger partial charge is 0.181 e. The van der Waals surface area contributed by atoms with Gasteiger partial charge < -0.3 is 9.47 Å². The first-order valence-corrected chi connectivity index (χ1v) is 8.55. The molecule has 108 valence electrons. The molecule has 4 rings (SSSR count). The zero-order valence-electron chi connectivity index (χ0n) is 11.7. The quantitative estimate of drug-likeness (QED) is 0.835. The SMILES string of the molecule is c1ccc2c(c1)SCC2CN1CCCC2(C1)OCCO2. The zero-order chi connectivity index (χ0) is 13.4. The van der Waals surface area contributed by atoms with Crippen LogP contribution in [0.2, 0.25) is 0 Å². The van der Waals surface area contributed by atoms with Crippen molar-refractivity contribution < 1.29 is 9.47 Å². The highest BCUT2D eigenvalue weighted by atomic mass is 32.2. The number of benzene rings is 1. The summed E-state index contributed by atoms with van der Waals surface area (Å²) in [6.45, 7) is 4.78. The van der Waals surface area contributed by atoms with Crippen LogP contribution in [0.4, 0.5) is 0 Å². The third-order valence-corrected chi connectivity index (χ3v) is 5.84. The maximum Gasteiger partial charge on any atom is 0.181 e. The van der Waals surface area contributed by atoms with E-state index in [9.17, 15) is 0 Å². The Morgan fingerprint density at radius 1 is 1.25 bits per heavy atom. The summed E-state index contributed by atoms with van der Waals surface area (Å²) in [7, 11) is 0. The molecular weight excluding hydrogens is 270 g/mol. The Labute approximate surface area is 124 Å². The fourth-order valence-electron chi connectivity index (χ4n) is 3.65. The average Bonchev–Trinajstić information content (AvgIpc) is 3.08. The van der Waals surface area contributed by atoms with E-state index in [4.69, 9.17) is 9.47 Å². The number of fused-ring (bicyclic) bond motifs is 1. The molecule has 20 heavy (non-hydrogen) atoms. The molecular formula is C16H21NO2S. The van der Waals surface area contributed by atoms with E-state index in [2.05, 4.69) is 29.2 Å². The minimum Gasteiger partial charge on any atom is -0.346 e. The molecule has 3 heterocycles. The normalized spacial score (nSPS) is 28.9. The summed E-state index contributed by atoms with van der Waals surface area (Å²) >= 11 is 2.00. The number of piperidine rings is 1. The van der Waals surface area contributed by atoms with E-state index in [0.717, 1.165) is 32.7 Å². The van der Waals surface area contributed by atoms with Crippen LogP contribution in [0.25, 0.3) is 0 Å².